The molecule has 2 N–H and O–H groups in total. The molecule has 1 amide bonds. The van der Waals surface area contributed by atoms with Gasteiger partial charge in [0.2, 0.25) is 5.91 Å². The molecule has 0 aliphatic heterocycles. The van der Waals surface area contributed by atoms with E-state index in [1.54, 1.807) is 19.0 Å². The first-order chi connectivity index (χ1) is 9.56. The van der Waals surface area contributed by atoms with E-state index in [-0.39, 0.29) is 36.4 Å². The van der Waals surface area contributed by atoms with Crippen LogP contribution >= 0.6 is 24.0 Å². The molecular formula is C15H29IN4O. The summed E-state index contributed by atoms with van der Waals surface area (Å²) in [6.45, 7) is 2.46. The lowest BCUT2D eigenvalue weighted by atomic mass is 9.96. The number of carbonyl (C=O) groups is 1. The van der Waals surface area contributed by atoms with Crippen molar-refractivity contribution in [3.63, 3.8) is 0 Å². The van der Waals surface area contributed by atoms with Crippen LogP contribution in [0.4, 0.5) is 0 Å². The van der Waals surface area contributed by atoms with Gasteiger partial charge in [0.05, 0.1) is 0 Å². The molecule has 2 saturated carbocycles. The van der Waals surface area contributed by atoms with E-state index >= 15 is 0 Å². The Labute approximate surface area is 145 Å². The van der Waals surface area contributed by atoms with Crippen molar-refractivity contribution in [3.8, 4) is 0 Å². The highest BCUT2D eigenvalue weighted by atomic mass is 127. The van der Waals surface area contributed by atoms with E-state index in [2.05, 4.69) is 22.5 Å². The van der Waals surface area contributed by atoms with Crippen molar-refractivity contribution in [2.45, 2.75) is 57.5 Å². The van der Waals surface area contributed by atoms with Gasteiger partial charge in [-0.1, -0.05) is 26.2 Å². The molecule has 2 unspecified atom stereocenters. The molecule has 0 saturated heterocycles. The molecule has 2 aliphatic carbocycles. The summed E-state index contributed by atoms with van der Waals surface area (Å²) < 4.78 is 0. The van der Waals surface area contributed by atoms with Crippen molar-refractivity contribution in [2.24, 2.45) is 10.9 Å². The summed E-state index contributed by atoms with van der Waals surface area (Å²) in [7, 11) is 3.53. The van der Waals surface area contributed by atoms with Crippen molar-refractivity contribution >= 4 is 35.8 Å². The molecule has 0 bridgehead atoms. The van der Waals surface area contributed by atoms with E-state index in [0.29, 0.717) is 12.1 Å². The van der Waals surface area contributed by atoms with Gasteiger partial charge in [-0.3, -0.25) is 4.79 Å². The largest absolute Gasteiger partial charge is 0.354 e. The number of nitrogens with zero attached hydrogens (tertiary/aromatic N) is 2. The fraction of sp³-hybridized carbons (Fsp3) is 0.867. The Balaban J connectivity index is 0.00000220. The van der Waals surface area contributed by atoms with Crippen LogP contribution in [0.3, 0.4) is 0 Å². The zero-order valence-corrected chi connectivity index (χ0v) is 15.7. The quantitative estimate of drug-likeness (QED) is 0.425. The minimum atomic E-state index is 0. The van der Waals surface area contributed by atoms with Crippen LogP contribution in [0.25, 0.3) is 0 Å². The lowest BCUT2D eigenvalue weighted by Crippen LogP contribution is -2.45. The molecule has 21 heavy (non-hydrogen) atoms. The maximum Gasteiger partial charge on any atom is 0.243 e. The molecule has 6 heteroatoms. The number of nitrogens with one attached hydrogen (secondary N) is 2. The molecule has 122 valence electrons. The first kappa shape index (κ1) is 18.5. The second kappa shape index (κ2) is 8.80. The molecule has 0 aromatic heterocycles. The van der Waals surface area contributed by atoms with Gasteiger partial charge in [-0.25, -0.2) is 4.99 Å². The number of aliphatic imine (C=N–C) groups is 1. The number of guanidine groups is 1. The number of hydrogen-bond acceptors (Lipinski definition) is 2. The molecule has 0 radical (unpaired) electrons. The smallest absolute Gasteiger partial charge is 0.243 e. The second-order valence-electron chi connectivity index (χ2n) is 6.40. The molecular weight excluding hydrogens is 379 g/mol. The third kappa shape index (κ3) is 6.40. The number of halogens is 1. The van der Waals surface area contributed by atoms with Gasteiger partial charge < -0.3 is 15.5 Å². The third-order valence-electron chi connectivity index (χ3n) is 4.25. The molecule has 5 nitrogen and oxygen atoms in total. The van der Waals surface area contributed by atoms with Gasteiger partial charge in [0.25, 0.3) is 0 Å². The van der Waals surface area contributed by atoms with Crippen LogP contribution < -0.4 is 10.6 Å². The predicted octanol–water partition coefficient (Wildman–Crippen LogP) is 1.97. The zero-order chi connectivity index (χ0) is 14.5. The fourth-order valence-corrected chi connectivity index (χ4v) is 2.56. The van der Waals surface area contributed by atoms with Crippen LogP contribution in [0.1, 0.15) is 45.4 Å². The van der Waals surface area contributed by atoms with E-state index in [1.807, 2.05) is 0 Å². The van der Waals surface area contributed by atoms with Crippen LogP contribution in [0.5, 0.6) is 0 Å². The molecule has 0 aromatic rings. The third-order valence-corrected chi connectivity index (χ3v) is 4.25. The van der Waals surface area contributed by atoms with E-state index in [1.165, 1.54) is 38.5 Å². The first-order valence-corrected chi connectivity index (χ1v) is 7.84. The Morgan fingerprint density at radius 3 is 2.33 bits per heavy atom. The lowest BCUT2D eigenvalue weighted by molar-refractivity contribution is -0.127. The van der Waals surface area contributed by atoms with E-state index in [4.69, 9.17) is 0 Å². The van der Waals surface area contributed by atoms with Gasteiger partial charge >= 0.3 is 0 Å². The second-order valence-corrected chi connectivity index (χ2v) is 6.40. The Morgan fingerprint density at radius 1 is 1.19 bits per heavy atom. The van der Waals surface area contributed by atoms with E-state index < -0.39 is 0 Å². The average Bonchev–Trinajstić information content (AvgIpc) is 3.12. The highest BCUT2D eigenvalue weighted by Gasteiger charge is 2.33. The Morgan fingerprint density at radius 2 is 1.81 bits per heavy atom. The van der Waals surface area contributed by atoms with Crippen LogP contribution in [0.15, 0.2) is 4.99 Å². The molecule has 0 spiro atoms. The van der Waals surface area contributed by atoms with Crippen molar-refractivity contribution in [1.29, 1.82) is 0 Å². The summed E-state index contributed by atoms with van der Waals surface area (Å²) in [5.41, 5.74) is 0. The number of rotatable bonds is 4. The number of hydrogen-bond donors (Lipinski definition) is 2. The van der Waals surface area contributed by atoms with Crippen molar-refractivity contribution in [2.75, 3.05) is 20.6 Å². The summed E-state index contributed by atoms with van der Waals surface area (Å²) in [6, 6.07) is 1.04. The van der Waals surface area contributed by atoms with Gasteiger partial charge in [0.1, 0.15) is 6.54 Å². The summed E-state index contributed by atoms with van der Waals surface area (Å²) in [5.74, 6) is 1.58. The lowest BCUT2D eigenvalue weighted by Gasteiger charge is -2.25. The van der Waals surface area contributed by atoms with E-state index in [0.717, 1.165) is 11.9 Å². The summed E-state index contributed by atoms with van der Waals surface area (Å²) in [4.78, 5) is 17.7. The van der Waals surface area contributed by atoms with Crippen molar-refractivity contribution < 1.29 is 4.79 Å². The van der Waals surface area contributed by atoms with Crippen LogP contribution in [-0.4, -0.2) is 49.5 Å². The maximum atomic E-state index is 11.7. The normalized spacial score (nSPS) is 25.8. The molecule has 2 atom stereocenters. The fourth-order valence-electron chi connectivity index (χ4n) is 2.56. The Hall–Kier alpha value is -0.530. The molecule has 2 aliphatic rings. The summed E-state index contributed by atoms with van der Waals surface area (Å²) >= 11 is 0. The van der Waals surface area contributed by atoms with Gasteiger partial charge in [-0.15, -0.1) is 24.0 Å². The Kier molecular flexibility index (Phi) is 7.76. The van der Waals surface area contributed by atoms with Crippen LogP contribution in [-0.2, 0) is 4.79 Å². The number of likely N-dealkylation sites (N-methyl/N-ethyl adjacent to an activating group) is 1. The highest BCUT2D eigenvalue weighted by Crippen LogP contribution is 2.28. The molecule has 0 heterocycles. The zero-order valence-electron chi connectivity index (χ0n) is 13.4. The molecule has 2 rings (SSSR count). The van der Waals surface area contributed by atoms with Gasteiger partial charge in [-0.05, 0) is 25.2 Å². The number of carbonyl (C=O) groups excluding carboxylic acids is 1. The average molecular weight is 408 g/mol. The topological polar surface area (TPSA) is 56.7 Å². The summed E-state index contributed by atoms with van der Waals surface area (Å²) in [5, 5.41) is 6.96. The maximum absolute atomic E-state index is 11.7. The predicted molar refractivity (Wildman–Crippen MR) is 97.1 cm³/mol. The minimum absolute atomic E-state index is 0. The SMILES string of the molecule is CC1CC1NC(=NCC(=O)N(C)C)NC1CCCCC1.I. The van der Waals surface area contributed by atoms with Gasteiger partial charge in [0, 0.05) is 26.2 Å². The van der Waals surface area contributed by atoms with Crippen LogP contribution in [0.2, 0.25) is 0 Å². The van der Waals surface area contributed by atoms with Crippen molar-refractivity contribution in [1.82, 2.24) is 15.5 Å². The summed E-state index contributed by atoms with van der Waals surface area (Å²) in [6.07, 6.45) is 7.55. The van der Waals surface area contributed by atoms with Gasteiger partial charge in [0.15, 0.2) is 5.96 Å². The minimum Gasteiger partial charge on any atom is -0.354 e. The number of amides is 1. The first-order valence-electron chi connectivity index (χ1n) is 7.84. The van der Waals surface area contributed by atoms with Crippen LogP contribution in [0, 0.1) is 5.92 Å². The monoisotopic (exact) mass is 408 g/mol. The standard InChI is InChI=1S/C15H28N4O.HI/c1-11-9-13(11)18-15(16-10-14(20)19(2)3)17-12-7-5-4-6-8-12;/h11-13H,4-10H2,1-3H3,(H2,16,17,18);1H. The highest BCUT2D eigenvalue weighted by molar-refractivity contribution is 14.0. The van der Waals surface area contributed by atoms with E-state index in [9.17, 15) is 4.79 Å². The Bertz CT molecular complexity index is 367. The van der Waals surface area contributed by atoms with Crippen molar-refractivity contribution in [3.05, 3.63) is 0 Å². The molecule has 2 fully saturated rings. The molecule has 0 aromatic carbocycles. The van der Waals surface area contributed by atoms with Gasteiger partial charge in [-0.2, -0.15) is 0 Å².